The smallest absolute Gasteiger partial charge is 0.303 e. The topological polar surface area (TPSA) is 145 Å². The van der Waals surface area contributed by atoms with E-state index in [1.165, 1.54) is 12.1 Å². The Balaban J connectivity index is 1.55. The van der Waals surface area contributed by atoms with Crippen LogP contribution in [0.5, 0.6) is 0 Å². The number of Topliss-reactive ketones (excluding diaryl/α,β-unsaturated/α-hetero) is 1. The van der Waals surface area contributed by atoms with E-state index in [1.807, 2.05) is 0 Å². The van der Waals surface area contributed by atoms with E-state index < -0.39 is 16.0 Å². The van der Waals surface area contributed by atoms with E-state index >= 15 is 0 Å². The first-order valence-electron chi connectivity index (χ1n) is 12.0. The van der Waals surface area contributed by atoms with Crippen LogP contribution in [0.25, 0.3) is 11.6 Å². The number of benzene rings is 2. The van der Waals surface area contributed by atoms with Gasteiger partial charge in [0.2, 0.25) is 0 Å². The number of sulfonamides is 1. The number of aromatic nitrogens is 1. The molecule has 9 nitrogen and oxygen atoms in total. The molecule has 1 aliphatic heterocycles. The van der Waals surface area contributed by atoms with Crippen LogP contribution in [0.3, 0.4) is 0 Å². The van der Waals surface area contributed by atoms with E-state index in [4.69, 9.17) is 0 Å². The minimum absolute atomic E-state index is 0.0253. The van der Waals surface area contributed by atoms with Crippen molar-refractivity contribution in [1.29, 1.82) is 0 Å². The van der Waals surface area contributed by atoms with E-state index in [9.17, 15) is 27.9 Å². The molecule has 37 heavy (non-hydrogen) atoms. The van der Waals surface area contributed by atoms with Gasteiger partial charge in [-0.1, -0.05) is 18.2 Å². The standard InChI is InChI=1S/C27H25N3O6S/c31-24-9-5-4-8-22-26(24)18(11-13-25(32)33)23(28-22)15-20-19-14-16(10-12-21(19)29-27(20)34)30-37(35,36)17-6-2-1-3-7-17/h1-3,6-7,10,12,14-15,28,30H,4-5,8-9,11,13H2,(H,29,34)(H,32,33)/b20-15-. The average Bonchev–Trinajstić information content (AvgIpc) is 3.30. The molecule has 3 aromatic rings. The number of nitrogens with one attached hydrogen (secondary N) is 3. The maximum Gasteiger partial charge on any atom is 0.303 e. The van der Waals surface area contributed by atoms with Gasteiger partial charge in [0.15, 0.2) is 5.78 Å². The lowest BCUT2D eigenvalue weighted by Gasteiger charge is -2.09. The Morgan fingerprint density at radius 2 is 1.81 bits per heavy atom. The highest BCUT2D eigenvalue weighted by molar-refractivity contribution is 7.92. The molecule has 0 saturated heterocycles. The van der Waals surface area contributed by atoms with Crippen LogP contribution in [0.1, 0.15) is 58.6 Å². The number of anilines is 2. The zero-order chi connectivity index (χ0) is 26.2. The molecule has 10 heteroatoms. The van der Waals surface area contributed by atoms with Crippen LogP contribution < -0.4 is 10.0 Å². The quantitative estimate of drug-likeness (QED) is 0.271. The molecule has 190 valence electrons. The fourth-order valence-electron chi connectivity index (χ4n) is 4.82. The van der Waals surface area contributed by atoms with Crippen molar-refractivity contribution in [3.05, 3.63) is 76.6 Å². The Bertz CT molecular complexity index is 1550. The summed E-state index contributed by atoms with van der Waals surface area (Å²) >= 11 is 0. The van der Waals surface area contributed by atoms with Gasteiger partial charge in [-0.2, -0.15) is 0 Å². The zero-order valence-corrected chi connectivity index (χ0v) is 20.7. The summed E-state index contributed by atoms with van der Waals surface area (Å²) < 4.78 is 28.1. The van der Waals surface area contributed by atoms with Gasteiger partial charge < -0.3 is 15.4 Å². The Labute approximate surface area is 213 Å². The van der Waals surface area contributed by atoms with E-state index in [2.05, 4.69) is 15.0 Å². The number of ketones is 1. The Morgan fingerprint density at radius 1 is 1.05 bits per heavy atom. The van der Waals surface area contributed by atoms with Gasteiger partial charge in [-0.25, -0.2) is 8.42 Å². The van der Waals surface area contributed by atoms with E-state index in [0.29, 0.717) is 40.9 Å². The number of aromatic amines is 1. The molecule has 1 amide bonds. The van der Waals surface area contributed by atoms with Crippen molar-refractivity contribution >= 4 is 50.7 Å². The molecular formula is C27H25N3O6S. The highest BCUT2D eigenvalue weighted by Gasteiger charge is 2.29. The molecule has 0 atom stereocenters. The van der Waals surface area contributed by atoms with Crippen LogP contribution in [0.2, 0.25) is 0 Å². The Kier molecular flexibility index (Phi) is 6.43. The molecule has 1 aliphatic carbocycles. The lowest BCUT2D eigenvalue weighted by atomic mass is 9.97. The molecule has 2 heterocycles. The summed E-state index contributed by atoms with van der Waals surface area (Å²) in [4.78, 5) is 40.4. The summed E-state index contributed by atoms with van der Waals surface area (Å²) in [5, 5.41) is 12.0. The van der Waals surface area contributed by atoms with Gasteiger partial charge in [-0.3, -0.25) is 19.1 Å². The molecule has 5 rings (SSSR count). The first kappa shape index (κ1) is 24.5. The van der Waals surface area contributed by atoms with Gasteiger partial charge >= 0.3 is 5.97 Å². The highest BCUT2D eigenvalue weighted by Crippen LogP contribution is 2.37. The normalized spacial score (nSPS) is 16.2. The van der Waals surface area contributed by atoms with Gasteiger partial charge in [-0.05, 0) is 67.7 Å². The fraction of sp³-hybridized carbons (Fsp3) is 0.222. The number of carboxylic acids is 1. The Hall–Kier alpha value is -4.18. The number of hydrogen-bond donors (Lipinski definition) is 4. The van der Waals surface area contributed by atoms with Gasteiger partial charge in [0.1, 0.15) is 0 Å². The van der Waals surface area contributed by atoms with E-state index in [-0.39, 0.29) is 40.7 Å². The van der Waals surface area contributed by atoms with Crippen LogP contribution in [-0.2, 0) is 32.5 Å². The van der Waals surface area contributed by atoms with Crippen molar-refractivity contribution in [1.82, 2.24) is 4.98 Å². The van der Waals surface area contributed by atoms with E-state index in [0.717, 1.165) is 18.5 Å². The maximum absolute atomic E-state index is 12.9. The number of rotatable bonds is 7. The third-order valence-corrected chi connectivity index (χ3v) is 7.96. The van der Waals surface area contributed by atoms with Crippen molar-refractivity contribution in [2.45, 2.75) is 43.4 Å². The predicted molar refractivity (Wildman–Crippen MR) is 139 cm³/mol. The van der Waals surface area contributed by atoms with Gasteiger partial charge in [-0.15, -0.1) is 0 Å². The van der Waals surface area contributed by atoms with Crippen molar-refractivity contribution < 1.29 is 27.9 Å². The lowest BCUT2D eigenvalue weighted by Crippen LogP contribution is -2.12. The van der Waals surface area contributed by atoms with Crippen LogP contribution in [0, 0.1) is 0 Å². The molecule has 2 aromatic carbocycles. The number of carbonyl (C=O) groups excluding carboxylic acids is 2. The minimum atomic E-state index is -3.83. The van der Waals surface area contributed by atoms with Crippen molar-refractivity contribution in [3.63, 3.8) is 0 Å². The third kappa shape index (κ3) is 4.92. The largest absolute Gasteiger partial charge is 0.481 e. The summed E-state index contributed by atoms with van der Waals surface area (Å²) in [6.45, 7) is 0. The second-order valence-electron chi connectivity index (χ2n) is 9.09. The number of aliphatic carboxylic acids is 1. The number of hydrogen-bond acceptors (Lipinski definition) is 5. The summed E-state index contributed by atoms with van der Waals surface area (Å²) in [5.74, 6) is -1.38. The first-order valence-corrected chi connectivity index (χ1v) is 13.5. The number of H-pyrrole nitrogens is 1. The maximum atomic E-state index is 12.9. The van der Waals surface area contributed by atoms with Crippen LogP contribution in [0.4, 0.5) is 11.4 Å². The number of aryl methyl sites for hydroxylation is 1. The molecule has 0 radical (unpaired) electrons. The van der Waals surface area contributed by atoms with Crippen molar-refractivity contribution in [3.8, 4) is 0 Å². The van der Waals surface area contributed by atoms with Crippen LogP contribution in [-0.4, -0.2) is 36.2 Å². The molecule has 0 bridgehead atoms. The predicted octanol–water partition coefficient (Wildman–Crippen LogP) is 4.23. The second-order valence-corrected chi connectivity index (χ2v) is 10.8. The fourth-order valence-corrected chi connectivity index (χ4v) is 5.89. The molecule has 1 aromatic heterocycles. The summed E-state index contributed by atoms with van der Waals surface area (Å²) in [6, 6.07) is 12.7. The number of amides is 1. The summed E-state index contributed by atoms with van der Waals surface area (Å²) in [6.07, 6.45) is 4.29. The molecular weight excluding hydrogens is 494 g/mol. The molecule has 0 saturated carbocycles. The first-order chi connectivity index (χ1) is 17.7. The third-order valence-electron chi connectivity index (χ3n) is 6.56. The zero-order valence-electron chi connectivity index (χ0n) is 19.8. The monoisotopic (exact) mass is 519 g/mol. The molecule has 4 N–H and O–H groups in total. The van der Waals surface area contributed by atoms with Crippen molar-refractivity contribution in [2.24, 2.45) is 0 Å². The molecule has 0 unspecified atom stereocenters. The van der Waals surface area contributed by atoms with Gasteiger partial charge in [0, 0.05) is 46.7 Å². The second kappa shape index (κ2) is 9.70. The SMILES string of the molecule is O=C(O)CCc1c(/C=C2\C(=O)Nc3ccc(NS(=O)(=O)c4ccccc4)cc32)[nH]c2c1C(=O)CCCC2. The number of carboxylic acid groups (broad SMARTS) is 1. The van der Waals surface area contributed by atoms with Crippen LogP contribution in [0.15, 0.2) is 53.4 Å². The average molecular weight is 520 g/mol. The summed E-state index contributed by atoms with van der Waals surface area (Å²) in [5.41, 5.74) is 4.01. The van der Waals surface area contributed by atoms with E-state index in [1.54, 1.807) is 42.5 Å². The summed E-state index contributed by atoms with van der Waals surface area (Å²) in [7, 11) is -3.83. The van der Waals surface area contributed by atoms with Crippen LogP contribution >= 0.6 is 0 Å². The number of carbonyl (C=O) groups is 3. The number of fused-ring (bicyclic) bond motifs is 2. The minimum Gasteiger partial charge on any atom is -0.481 e. The van der Waals surface area contributed by atoms with Gasteiger partial charge in [0.05, 0.1) is 10.5 Å². The van der Waals surface area contributed by atoms with Crippen molar-refractivity contribution in [2.75, 3.05) is 10.0 Å². The lowest BCUT2D eigenvalue weighted by molar-refractivity contribution is -0.137. The Morgan fingerprint density at radius 3 is 2.57 bits per heavy atom. The molecule has 2 aliphatic rings. The van der Waals surface area contributed by atoms with Gasteiger partial charge in [0.25, 0.3) is 15.9 Å². The highest BCUT2D eigenvalue weighted by atomic mass is 32.2. The molecule has 0 fully saturated rings. The molecule has 0 spiro atoms.